The highest BCUT2D eigenvalue weighted by Gasteiger charge is 2.32. The van der Waals surface area contributed by atoms with Crippen molar-refractivity contribution in [2.45, 2.75) is 129 Å². The normalized spacial score (nSPS) is 12.7. The number of thioether (sulfide) groups is 2. The van der Waals surface area contributed by atoms with Crippen LogP contribution in [0.4, 0.5) is 0 Å². The molecular formula is C25H48O2S3. The largest absolute Gasteiger partial charge is 0.464 e. The zero-order chi connectivity index (χ0) is 22.7. The molecule has 0 N–H and O–H groups in total. The second-order valence-electron chi connectivity index (χ2n) is 8.91. The molecule has 0 bridgehead atoms. The van der Waals surface area contributed by atoms with Crippen LogP contribution in [0, 0.1) is 5.92 Å². The van der Waals surface area contributed by atoms with Gasteiger partial charge in [0.15, 0.2) is 0 Å². The Bertz CT molecular complexity index is 438. The van der Waals surface area contributed by atoms with E-state index in [1.54, 1.807) is 11.8 Å². The summed E-state index contributed by atoms with van der Waals surface area (Å²) < 4.78 is 5.90. The first-order chi connectivity index (χ1) is 14.4. The van der Waals surface area contributed by atoms with Gasteiger partial charge in [-0.05, 0) is 38.4 Å². The summed E-state index contributed by atoms with van der Waals surface area (Å²) in [5, 5.41) is 0. The first-order valence-corrected chi connectivity index (χ1v) is 14.6. The van der Waals surface area contributed by atoms with E-state index in [1.807, 2.05) is 13.8 Å². The minimum Gasteiger partial charge on any atom is -0.464 e. The van der Waals surface area contributed by atoms with Gasteiger partial charge in [0, 0.05) is 0 Å². The lowest BCUT2D eigenvalue weighted by molar-refractivity contribution is -0.147. The molecule has 0 aliphatic heterocycles. The quantitative estimate of drug-likeness (QED) is 0.105. The average molecular weight is 477 g/mol. The van der Waals surface area contributed by atoms with Gasteiger partial charge in [-0.1, -0.05) is 122 Å². The van der Waals surface area contributed by atoms with Crippen molar-refractivity contribution >= 4 is 45.2 Å². The van der Waals surface area contributed by atoms with Crippen LogP contribution in [0.25, 0.3) is 0 Å². The second-order valence-corrected chi connectivity index (χ2v) is 12.8. The predicted octanol–water partition coefficient (Wildman–Crippen LogP) is 9.20. The highest BCUT2D eigenvalue weighted by molar-refractivity contribution is 8.47. The number of hydrogen-bond acceptors (Lipinski definition) is 5. The van der Waals surface area contributed by atoms with Crippen molar-refractivity contribution < 1.29 is 9.53 Å². The lowest BCUT2D eigenvalue weighted by Gasteiger charge is -2.23. The number of rotatable bonds is 19. The molecular weight excluding hydrogens is 428 g/mol. The van der Waals surface area contributed by atoms with Crippen LogP contribution in [-0.2, 0) is 9.53 Å². The number of carbonyl (C=O) groups is 1. The van der Waals surface area contributed by atoms with E-state index in [-0.39, 0.29) is 5.97 Å². The molecule has 1 unspecified atom stereocenters. The molecule has 0 saturated heterocycles. The molecule has 0 aromatic carbocycles. The number of unbranched alkanes of at least 4 members (excludes halogenated alkanes) is 10. The number of hydrogen-bond donors (Lipinski definition) is 0. The molecule has 0 aromatic heterocycles. The van der Waals surface area contributed by atoms with E-state index < -0.39 is 4.75 Å². The number of ether oxygens (including phenoxy) is 1. The number of carbonyl (C=O) groups excluding carboxylic acids is 1. The Morgan fingerprint density at radius 3 is 1.93 bits per heavy atom. The smallest absolute Gasteiger partial charge is 0.322 e. The van der Waals surface area contributed by atoms with Crippen LogP contribution in [0.2, 0.25) is 0 Å². The van der Waals surface area contributed by atoms with Gasteiger partial charge >= 0.3 is 5.97 Å². The van der Waals surface area contributed by atoms with Crippen LogP contribution in [0.5, 0.6) is 0 Å². The number of esters is 1. The van der Waals surface area contributed by atoms with Crippen molar-refractivity contribution in [3.05, 3.63) is 0 Å². The van der Waals surface area contributed by atoms with E-state index in [2.05, 4.69) is 20.8 Å². The molecule has 0 heterocycles. The molecule has 0 amide bonds. The minimum absolute atomic E-state index is 0.135. The Labute approximate surface area is 201 Å². The highest BCUT2D eigenvalue weighted by Crippen LogP contribution is 2.32. The van der Waals surface area contributed by atoms with Gasteiger partial charge in [0.05, 0.1) is 6.61 Å². The SMILES string of the molecule is CCCCCCCCCCCCSC(=S)SC(C)(C)C(=O)OCC(CC)CCCC. The molecule has 0 rings (SSSR count). The first kappa shape index (κ1) is 30.3. The molecule has 0 radical (unpaired) electrons. The van der Waals surface area contributed by atoms with Crippen molar-refractivity contribution in [3.8, 4) is 0 Å². The molecule has 2 nitrogen and oxygen atoms in total. The van der Waals surface area contributed by atoms with E-state index in [4.69, 9.17) is 17.0 Å². The van der Waals surface area contributed by atoms with Crippen molar-refractivity contribution in [2.24, 2.45) is 5.92 Å². The van der Waals surface area contributed by atoms with Crippen molar-refractivity contribution in [1.29, 1.82) is 0 Å². The number of thiocarbonyl (C=S) groups is 1. The van der Waals surface area contributed by atoms with Crippen LogP contribution < -0.4 is 0 Å². The van der Waals surface area contributed by atoms with E-state index in [1.165, 1.54) is 88.8 Å². The van der Waals surface area contributed by atoms with Crippen molar-refractivity contribution in [3.63, 3.8) is 0 Å². The monoisotopic (exact) mass is 476 g/mol. The summed E-state index contributed by atoms with van der Waals surface area (Å²) in [6.45, 7) is 11.0. The van der Waals surface area contributed by atoms with Gasteiger partial charge < -0.3 is 4.74 Å². The Morgan fingerprint density at radius 1 is 0.867 bits per heavy atom. The lowest BCUT2D eigenvalue weighted by atomic mass is 10.0. The maximum atomic E-state index is 12.5. The molecule has 178 valence electrons. The van der Waals surface area contributed by atoms with Gasteiger partial charge in [-0.3, -0.25) is 4.79 Å². The fourth-order valence-electron chi connectivity index (χ4n) is 3.29. The molecule has 0 aliphatic carbocycles. The summed E-state index contributed by atoms with van der Waals surface area (Å²) in [6.07, 6.45) is 18.1. The van der Waals surface area contributed by atoms with Gasteiger partial charge in [-0.25, -0.2) is 0 Å². The molecule has 1 atom stereocenters. The summed E-state index contributed by atoms with van der Waals surface area (Å²) in [6, 6.07) is 0. The summed E-state index contributed by atoms with van der Waals surface area (Å²) >= 11 is 8.74. The summed E-state index contributed by atoms with van der Waals surface area (Å²) in [4.78, 5) is 12.5. The fourth-order valence-corrected chi connectivity index (χ4v) is 6.35. The predicted molar refractivity (Wildman–Crippen MR) is 143 cm³/mol. The van der Waals surface area contributed by atoms with Crippen LogP contribution in [0.1, 0.15) is 125 Å². The molecule has 5 heteroatoms. The summed E-state index contributed by atoms with van der Waals surface area (Å²) in [5.41, 5.74) is 0. The Morgan fingerprint density at radius 2 is 1.40 bits per heavy atom. The fraction of sp³-hybridized carbons (Fsp3) is 0.920. The van der Waals surface area contributed by atoms with Gasteiger partial charge in [0.1, 0.15) is 8.28 Å². The van der Waals surface area contributed by atoms with Crippen LogP contribution in [0.15, 0.2) is 0 Å². The maximum Gasteiger partial charge on any atom is 0.322 e. The van der Waals surface area contributed by atoms with Crippen molar-refractivity contribution in [1.82, 2.24) is 0 Å². The minimum atomic E-state index is -0.606. The zero-order valence-corrected chi connectivity index (χ0v) is 22.9. The molecule has 0 fully saturated rings. The van der Waals surface area contributed by atoms with E-state index >= 15 is 0 Å². The average Bonchev–Trinajstić information content (AvgIpc) is 2.71. The Balaban J connectivity index is 3.85. The molecule has 30 heavy (non-hydrogen) atoms. The Hall–Kier alpha value is 0.260. The van der Waals surface area contributed by atoms with Gasteiger partial charge in [-0.2, -0.15) is 0 Å². The molecule has 0 spiro atoms. The highest BCUT2D eigenvalue weighted by atomic mass is 32.2. The Kier molecular flexibility index (Phi) is 20.1. The molecule has 0 aromatic rings. The third-order valence-electron chi connectivity index (χ3n) is 5.54. The molecule has 0 aliphatic rings. The van der Waals surface area contributed by atoms with Crippen molar-refractivity contribution in [2.75, 3.05) is 12.4 Å². The van der Waals surface area contributed by atoms with Gasteiger partial charge in [0.25, 0.3) is 0 Å². The maximum absolute atomic E-state index is 12.5. The first-order valence-electron chi connectivity index (χ1n) is 12.4. The summed E-state index contributed by atoms with van der Waals surface area (Å²) in [5.74, 6) is 1.40. The molecule has 0 saturated carbocycles. The zero-order valence-electron chi connectivity index (χ0n) is 20.4. The third kappa shape index (κ3) is 16.9. The van der Waals surface area contributed by atoms with Crippen LogP contribution >= 0.6 is 35.7 Å². The van der Waals surface area contributed by atoms with E-state index in [0.29, 0.717) is 12.5 Å². The van der Waals surface area contributed by atoms with E-state index in [9.17, 15) is 4.79 Å². The summed E-state index contributed by atoms with van der Waals surface area (Å²) in [7, 11) is 0. The lowest BCUT2D eigenvalue weighted by Crippen LogP contribution is -2.32. The third-order valence-corrected chi connectivity index (χ3v) is 8.32. The second kappa shape index (κ2) is 19.9. The topological polar surface area (TPSA) is 26.3 Å². The van der Waals surface area contributed by atoms with Crippen LogP contribution in [-0.4, -0.2) is 26.6 Å². The standard InChI is InChI=1S/C25H48O2S3/c1-6-9-11-12-13-14-15-16-17-18-20-29-24(28)30-25(4,5)23(26)27-21-22(8-3)19-10-7-2/h22H,6-21H2,1-5H3. The van der Waals surface area contributed by atoms with Gasteiger partial charge in [-0.15, -0.1) is 11.8 Å². The van der Waals surface area contributed by atoms with Gasteiger partial charge in [0.2, 0.25) is 0 Å². The van der Waals surface area contributed by atoms with Crippen LogP contribution in [0.3, 0.4) is 0 Å². The van der Waals surface area contributed by atoms with E-state index in [0.717, 1.165) is 22.1 Å².